The molecule has 4 nitrogen and oxygen atoms in total. The molecule has 0 aliphatic carbocycles. The van der Waals surface area contributed by atoms with Gasteiger partial charge in [-0.15, -0.1) is 11.3 Å². The van der Waals surface area contributed by atoms with Gasteiger partial charge in [-0.3, -0.25) is 4.79 Å². The van der Waals surface area contributed by atoms with Crippen molar-refractivity contribution in [1.82, 2.24) is 9.97 Å². The van der Waals surface area contributed by atoms with Gasteiger partial charge in [0.05, 0.1) is 12.0 Å². The lowest BCUT2D eigenvalue weighted by Crippen LogP contribution is -2.09. The topological polar surface area (TPSA) is 55.0 Å². The van der Waals surface area contributed by atoms with E-state index in [1.807, 2.05) is 36.6 Å². The smallest absolute Gasteiger partial charge is 0.260 e. The largest absolute Gasteiger partial charge is 0.377 e. The minimum absolute atomic E-state index is 0.200. The number of hydrogen-bond acceptors (Lipinski definition) is 4. The summed E-state index contributed by atoms with van der Waals surface area (Å²) in [5.74, 6) is 0.225. The summed E-state index contributed by atoms with van der Waals surface area (Å²) >= 11 is 1.41. The number of benzene rings is 2. The molecule has 0 saturated heterocycles. The second-order valence-electron chi connectivity index (χ2n) is 6.09. The Labute approximate surface area is 159 Å². The lowest BCUT2D eigenvalue weighted by Gasteiger charge is -2.05. The van der Waals surface area contributed by atoms with E-state index in [1.165, 1.54) is 23.5 Å². The average Bonchev–Trinajstić information content (AvgIpc) is 3.12. The maximum absolute atomic E-state index is 13.2. The molecule has 0 fully saturated rings. The predicted octanol–water partition coefficient (Wildman–Crippen LogP) is 4.99. The van der Waals surface area contributed by atoms with Gasteiger partial charge in [0, 0.05) is 23.1 Å². The van der Waals surface area contributed by atoms with Crippen LogP contribution in [0.15, 0.2) is 58.7 Å². The van der Waals surface area contributed by atoms with Crippen molar-refractivity contribution < 1.29 is 9.13 Å². The number of nitrogens with zero attached hydrogens (tertiary/aromatic N) is 1. The lowest BCUT2D eigenvalue weighted by atomic mass is 10.1. The number of H-pyrrole nitrogens is 1. The summed E-state index contributed by atoms with van der Waals surface area (Å²) in [5.41, 5.74) is 3.27. The SMILES string of the molecule is CCOCc1ccc(-c2nc3scc(-c4ccc(F)cc4)c3c(=O)[nH]2)cc1. The van der Waals surface area contributed by atoms with Gasteiger partial charge in [0.25, 0.3) is 5.56 Å². The Morgan fingerprint density at radius 3 is 2.48 bits per heavy atom. The molecule has 0 aliphatic rings. The van der Waals surface area contributed by atoms with Crippen molar-refractivity contribution in [3.8, 4) is 22.5 Å². The maximum atomic E-state index is 13.2. The molecule has 0 saturated carbocycles. The molecule has 0 unspecified atom stereocenters. The second kappa shape index (κ2) is 7.42. The molecule has 4 rings (SSSR count). The van der Waals surface area contributed by atoms with Crippen LogP contribution in [-0.2, 0) is 11.3 Å². The fourth-order valence-electron chi connectivity index (χ4n) is 2.91. The predicted molar refractivity (Wildman–Crippen MR) is 106 cm³/mol. The molecule has 27 heavy (non-hydrogen) atoms. The van der Waals surface area contributed by atoms with E-state index in [4.69, 9.17) is 4.74 Å². The van der Waals surface area contributed by atoms with E-state index in [2.05, 4.69) is 9.97 Å². The first-order chi connectivity index (χ1) is 13.2. The van der Waals surface area contributed by atoms with Crippen LogP contribution in [-0.4, -0.2) is 16.6 Å². The van der Waals surface area contributed by atoms with E-state index in [-0.39, 0.29) is 11.4 Å². The zero-order valence-corrected chi connectivity index (χ0v) is 15.5. The minimum Gasteiger partial charge on any atom is -0.377 e. The van der Waals surface area contributed by atoms with Gasteiger partial charge in [0.2, 0.25) is 0 Å². The Kier molecular flexibility index (Phi) is 4.83. The van der Waals surface area contributed by atoms with E-state index in [9.17, 15) is 9.18 Å². The van der Waals surface area contributed by atoms with Crippen molar-refractivity contribution in [2.75, 3.05) is 6.61 Å². The van der Waals surface area contributed by atoms with Crippen molar-refractivity contribution in [3.63, 3.8) is 0 Å². The van der Waals surface area contributed by atoms with Crippen LogP contribution >= 0.6 is 11.3 Å². The lowest BCUT2D eigenvalue weighted by molar-refractivity contribution is 0.134. The van der Waals surface area contributed by atoms with Crippen LogP contribution in [0.3, 0.4) is 0 Å². The van der Waals surface area contributed by atoms with Gasteiger partial charge in [0.15, 0.2) is 0 Å². The van der Waals surface area contributed by atoms with Crippen LogP contribution in [0.1, 0.15) is 12.5 Å². The molecule has 0 aliphatic heterocycles. The van der Waals surface area contributed by atoms with Crippen molar-refractivity contribution in [3.05, 3.63) is 75.6 Å². The molecule has 136 valence electrons. The molecule has 0 amide bonds. The van der Waals surface area contributed by atoms with E-state index in [0.717, 1.165) is 22.3 Å². The summed E-state index contributed by atoms with van der Waals surface area (Å²) in [6.45, 7) is 3.19. The molecular formula is C21H17FN2O2S. The van der Waals surface area contributed by atoms with Crippen LogP contribution in [0.25, 0.3) is 32.7 Å². The first-order valence-electron chi connectivity index (χ1n) is 8.60. The molecule has 0 spiro atoms. The van der Waals surface area contributed by atoms with E-state index >= 15 is 0 Å². The summed E-state index contributed by atoms with van der Waals surface area (Å²) in [7, 11) is 0. The van der Waals surface area contributed by atoms with Crippen LogP contribution in [0, 0.1) is 5.82 Å². The van der Waals surface area contributed by atoms with Crippen molar-refractivity contribution in [2.24, 2.45) is 0 Å². The molecule has 1 N–H and O–H groups in total. The van der Waals surface area contributed by atoms with Crippen LogP contribution in [0.5, 0.6) is 0 Å². The molecule has 4 aromatic rings. The summed E-state index contributed by atoms with van der Waals surface area (Å²) < 4.78 is 18.6. The Hall–Kier alpha value is -2.83. The molecule has 2 aromatic heterocycles. The van der Waals surface area contributed by atoms with E-state index < -0.39 is 0 Å². The number of rotatable bonds is 5. The second-order valence-corrected chi connectivity index (χ2v) is 6.94. The monoisotopic (exact) mass is 380 g/mol. The molecule has 0 bridgehead atoms. The summed E-state index contributed by atoms with van der Waals surface area (Å²) in [5, 5.41) is 2.41. The summed E-state index contributed by atoms with van der Waals surface area (Å²) in [6.07, 6.45) is 0. The average molecular weight is 380 g/mol. The third-order valence-corrected chi connectivity index (χ3v) is 5.17. The number of ether oxygens (including phenoxy) is 1. The Balaban J connectivity index is 1.73. The van der Waals surface area contributed by atoms with Gasteiger partial charge in [-0.2, -0.15) is 0 Å². The first kappa shape index (κ1) is 17.6. The highest BCUT2D eigenvalue weighted by molar-refractivity contribution is 7.17. The highest BCUT2D eigenvalue weighted by atomic mass is 32.1. The van der Waals surface area contributed by atoms with Crippen LogP contribution < -0.4 is 5.56 Å². The fraction of sp³-hybridized carbons (Fsp3) is 0.143. The number of hydrogen-bond donors (Lipinski definition) is 1. The fourth-order valence-corrected chi connectivity index (χ4v) is 3.85. The molecular weight excluding hydrogens is 363 g/mol. The van der Waals surface area contributed by atoms with Gasteiger partial charge in [-0.05, 0) is 30.2 Å². The third kappa shape index (κ3) is 3.54. The molecule has 2 aromatic carbocycles. The molecule has 6 heteroatoms. The number of fused-ring (bicyclic) bond motifs is 1. The van der Waals surface area contributed by atoms with Crippen molar-refractivity contribution in [1.29, 1.82) is 0 Å². The number of halogens is 1. The van der Waals surface area contributed by atoms with Gasteiger partial charge in [-0.1, -0.05) is 36.4 Å². The maximum Gasteiger partial charge on any atom is 0.260 e. The number of aromatic nitrogens is 2. The number of thiophene rings is 1. The van der Waals surface area contributed by atoms with Crippen LogP contribution in [0.4, 0.5) is 4.39 Å². The Bertz CT molecular complexity index is 1130. The minimum atomic E-state index is -0.305. The zero-order valence-electron chi connectivity index (χ0n) is 14.7. The summed E-state index contributed by atoms with van der Waals surface area (Å²) in [6, 6.07) is 13.9. The van der Waals surface area contributed by atoms with Gasteiger partial charge in [0.1, 0.15) is 16.5 Å². The van der Waals surface area contributed by atoms with Gasteiger partial charge in [-0.25, -0.2) is 9.37 Å². The van der Waals surface area contributed by atoms with Gasteiger partial charge >= 0.3 is 0 Å². The zero-order chi connectivity index (χ0) is 18.8. The first-order valence-corrected chi connectivity index (χ1v) is 9.48. The normalized spacial score (nSPS) is 11.2. The van der Waals surface area contributed by atoms with E-state index in [0.29, 0.717) is 29.3 Å². The standard InChI is InChI=1S/C21H17FN2O2S/c1-2-26-11-13-3-5-15(6-4-13)19-23-20(25)18-17(12-27-21(18)24-19)14-7-9-16(22)10-8-14/h3-10,12H,2,11H2,1H3,(H,23,24,25). The highest BCUT2D eigenvalue weighted by Crippen LogP contribution is 2.31. The van der Waals surface area contributed by atoms with Crippen molar-refractivity contribution in [2.45, 2.75) is 13.5 Å². The van der Waals surface area contributed by atoms with E-state index in [1.54, 1.807) is 12.1 Å². The van der Waals surface area contributed by atoms with Gasteiger partial charge < -0.3 is 9.72 Å². The van der Waals surface area contributed by atoms with Crippen LogP contribution in [0.2, 0.25) is 0 Å². The quantitative estimate of drug-likeness (QED) is 0.530. The number of nitrogens with one attached hydrogen (secondary N) is 1. The molecule has 2 heterocycles. The van der Waals surface area contributed by atoms with Crippen molar-refractivity contribution >= 4 is 21.6 Å². The Morgan fingerprint density at radius 1 is 1.07 bits per heavy atom. The Morgan fingerprint density at radius 2 is 1.78 bits per heavy atom. The molecule has 0 radical (unpaired) electrons. The molecule has 0 atom stereocenters. The highest BCUT2D eigenvalue weighted by Gasteiger charge is 2.14. The summed E-state index contributed by atoms with van der Waals surface area (Å²) in [4.78, 5) is 20.9. The number of aromatic amines is 1. The third-order valence-electron chi connectivity index (χ3n) is 4.30.